The molecule has 0 aliphatic rings. The maximum absolute atomic E-state index is 13.4. The van der Waals surface area contributed by atoms with E-state index in [0.717, 1.165) is 17.5 Å². The van der Waals surface area contributed by atoms with Crippen LogP contribution in [0.1, 0.15) is 58.8 Å². The molecule has 3 rings (SSSR count). The van der Waals surface area contributed by atoms with E-state index in [9.17, 15) is 17.2 Å². The van der Waals surface area contributed by atoms with E-state index in [4.69, 9.17) is 14.7 Å². The molecule has 11 heteroatoms. The number of halogens is 2. The first-order valence-corrected chi connectivity index (χ1v) is 14.7. The van der Waals surface area contributed by atoms with E-state index in [0.29, 0.717) is 40.1 Å². The van der Waals surface area contributed by atoms with Crippen molar-refractivity contribution in [3.63, 3.8) is 0 Å². The van der Waals surface area contributed by atoms with Gasteiger partial charge in [0.2, 0.25) is 11.8 Å². The van der Waals surface area contributed by atoms with Gasteiger partial charge in [0.1, 0.15) is 10.6 Å². The average molecular weight is 589 g/mol. The van der Waals surface area contributed by atoms with Crippen LogP contribution >= 0.6 is 0 Å². The van der Waals surface area contributed by atoms with Crippen molar-refractivity contribution < 1.29 is 26.1 Å². The molecule has 0 fully saturated rings. The molecule has 0 bridgehead atoms. The minimum absolute atomic E-state index is 0.0764. The summed E-state index contributed by atoms with van der Waals surface area (Å²) >= 11 is 0. The largest absolute Gasteiger partial charge is 0.496 e. The van der Waals surface area contributed by atoms with Gasteiger partial charge in [-0.1, -0.05) is 43.2 Å². The second-order valence-corrected chi connectivity index (χ2v) is 11.5. The minimum atomic E-state index is -4.25. The number of unbranched alkanes of at least 4 members (excludes halogenated alkanes) is 2. The van der Waals surface area contributed by atoms with Gasteiger partial charge in [-0.2, -0.15) is 13.4 Å². The molecule has 1 heterocycles. The number of nitrogens with zero attached hydrogens (tertiary/aromatic N) is 3. The quantitative estimate of drug-likeness (QED) is 0.183. The number of aryl methyl sites for hydroxylation is 4. The number of methoxy groups -OCH3 is 1. The van der Waals surface area contributed by atoms with Crippen LogP contribution in [0.4, 0.5) is 14.7 Å². The van der Waals surface area contributed by atoms with Gasteiger partial charge < -0.3 is 14.7 Å². The molecule has 3 aromatic rings. The lowest BCUT2D eigenvalue weighted by Crippen LogP contribution is -2.26. The Morgan fingerprint density at radius 3 is 2.37 bits per heavy atom. The summed E-state index contributed by atoms with van der Waals surface area (Å²) in [4.78, 5) is 10.0. The number of benzene rings is 2. The molecular weight excluding hydrogens is 550 g/mol. The van der Waals surface area contributed by atoms with Crippen molar-refractivity contribution in [2.24, 2.45) is 0 Å². The zero-order valence-corrected chi connectivity index (χ0v) is 25.2. The minimum Gasteiger partial charge on any atom is -0.496 e. The Bertz CT molecular complexity index is 1440. The SMILES string of the molecule is CC[CH]C[CH]N(Cc1ccc(Cc2c(C)nc(N)nc2OS(=O)(=O)c2c(C)cc(C)cc2C)c(OC)c1)CC(F)F. The fourth-order valence-corrected chi connectivity index (χ4v) is 6.13. The van der Waals surface area contributed by atoms with Gasteiger partial charge in [0.15, 0.2) is 0 Å². The van der Waals surface area contributed by atoms with E-state index in [1.54, 1.807) is 50.4 Å². The van der Waals surface area contributed by atoms with Gasteiger partial charge in [0.25, 0.3) is 6.43 Å². The van der Waals surface area contributed by atoms with Gasteiger partial charge in [-0.15, -0.1) is 0 Å². The topological polar surface area (TPSA) is 108 Å². The summed E-state index contributed by atoms with van der Waals surface area (Å²) < 4.78 is 64.4. The number of hydrogen-bond acceptors (Lipinski definition) is 8. The summed E-state index contributed by atoms with van der Waals surface area (Å²) in [5.74, 6) is 0.229. The highest BCUT2D eigenvalue weighted by atomic mass is 32.2. The number of alkyl halides is 2. The molecule has 2 radical (unpaired) electrons. The number of nitrogen functional groups attached to an aromatic ring is 1. The van der Waals surface area contributed by atoms with E-state index < -0.39 is 16.5 Å². The highest BCUT2D eigenvalue weighted by molar-refractivity contribution is 7.87. The van der Waals surface area contributed by atoms with Gasteiger partial charge >= 0.3 is 10.1 Å². The zero-order valence-electron chi connectivity index (χ0n) is 24.4. The molecule has 0 aliphatic heterocycles. The van der Waals surface area contributed by atoms with E-state index >= 15 is 0 Å². The van der Waals surface area contributed by atoms with Crippen LogP contribution in [0.2, 0.25) is 0 Å². The summed E-state index contributed by atoms with van der Waals surface area (Å²) in [5, 5.41) is 0. The molecule has 222 valence electrons. The second-order valence-electron chi connectivity index (χ2n) is 9.97. The van der Waals surface area contributed by atoms with Gasteiger partial charge in [0, 0.05) is 25.1 Å². The Morgan fingerprint density at radius 2 is 1.76 bits per heavy atom. The Hall–Kier alpha value is -3.31. The smallest absolute Gasteiger partial charge is 0.341 e. The van der Waals surface area contributed by atoms with Crippen molar-refractivity contribution in [3.8, 4) is 11.6 Å². The lowest BCUT2D eigenvalue weighted by atomic mass is 10.0. The number of anilines is 1. The number of rotatable bonds is 14. The Morgan fingerprint density at radius 1 is 1.07 bits per heavy atom. The van der Waals surface area contributed by atoms with Crippen LogP contribution in [0, 0.1) is 40.7 Å². The van der Waals surface area contributed by atoms with Crippen LogP contribution in [-0.2, 0) is 23.1 Å². The van der Waals surface area contributed by atoms with Crippen LogP contribution in [0.5, 0.6) is 11.6 Å². The zero-order chi connectivity index (χ0) is 30.3. The molecule has 0 saturated carbocycles. The molecule has 0 amide bonds. The predicted octanol–water partition coefficient (Wildman–Crippen LogP) is 5.89. The van der Waals surface area contributed by atoms with Gasteiger partial charge in [-0.05, 0) is 68.9 Å². The standard InChI is InChI=1S/C30H38F2N4O4S/c1-7-8-9-12-36(18-27(31)32)17-23-10-11-24(26(15-23)39-6)16-25-22(5)34-30(33)35-29(25)40-41(37,38)28-20(3)13-19(2)14-21(28)4/h8,10-15,27H,7,9,16-18H2,1-6H3,(H2,33,34,35). The highest BCUT2D eigenvalue weighted by Gasteiger charge is 2.26. The van der Waals surface area contributed by atoms with Crippen molar-refractivity contribution in [1.29, 1.82) is 0 Å². The lowest BCUT2D eigenvalue weighted by Gasteiger charge is -2.22. The third kappa shape index (κ3) is 8.59. The normalized spacial score (nSPS) is 11.9. The summed E-state index contributed by atoms with van der Waals surface area (Å²) in [6.45, 7) is 10.7. The fraction of sp³-hybridized carbons (Fsp3) is 0.400. The van der Waals surface area contributed by atoms with Crippen LogP contribution < -0.4 is 14.7 Å². The maximum Gasteiger partial charge on any atom is 0.341 e. The summed E-state index contributed by atoms with van der Waals surface area (Å²) in [6, 6.07) is 8.98. The molecule has 8 nitrogen and oxygen atoms in total. The number of hydrogen-bond donors (Lipinski definition) is 1. The molecule has 2 N–H and O–H groups in total. The third-order valence-corrected chi connectivity index (χ3v) is 8.05. The predicted molar refractivity (Wildman–Crippen MR) is 155 cm³/mol. The van der Waals surface area contributed by atoms with E-state index in [-0.39, 0.29) is 36.2 Å². The van der Waals surface area contributed by atoms with E-state index in [1.165, 1.54) is 7.11 Å². The van der Waals surface area contributed by atoms with E-state index in [2.05, 4.69) is 9.97 Å². The van der Waals surface area contributed by atoms with Crippen molar-refractivity contribution in [2.45, 2.75) is 71.7 Å². The molecule has 0 atom stereocenters. The monoisotopic (exact) mass is 588 g/mol. The molecule has 1 aromatic heterocycles. The van der Waals surface area contributed by atoms with Gasteiger partial charge in [-0.25, -0.2) is 13.8 Å². The van der Waals surface area contributed by atoms with Crippen molar-refractivity contribution in [2.75, 3.05) is 19.4 Å². The van der Waals surface area contributed by atoms with Crippen LogP contribution in [0.15, 0.2) is 35.2 Å². The molecule has 0 spiro atoms. The van der Waals surface area contributed by atoms with Gasteiger partial charge in [0.05, 0.1) is 19.3 Å². The molecule has 41 heavy (non-hydrogen) atoms. The maximum atomic E-state index is 13.4. The van der Waals surface area contributed by atoms with Gasteiger partial charge in [-0.3, -0.25) is 4.90 Å². The highest BCUT2D eigenvalue weighted by Crippen LogP contribution is 2.32. The Balaban J connectivity index is 1.93. The van der Waals surface area contributed by atoms with Crippen LogP contribution in [0.25, 0.3) is 0 Å². The molecular formula is C30H38F2N4O4S. The summed E-state index contributed by atoms with van der Waals surface area (Å²) in [6.07, 6.45) is 1.19. The Labute approximate surface area is 242 Å². The third-order valence-electron chi connectivity index (χ3n) is 6.53. The first-order chi connectivity index (χ1) is 19.3. The molecule has 0 aliphatic carbocycles. The summed E-state index contributed by atoms with van der Waals surface area (Å²) in [7, 11) is -2.73. The average Bonchev–Trinajstić information content (AvgIpc) is 2.85. The second kappa shape index (κ2) is 14.0. The molecule has 2 aromatic carbocycles. The number of ether oxygens (including phenoxy) is 1. The molecule has 0 unspecified atom stereocenters. The van der Waals surface area contributed by atoms with Crippen LogP contribution in [-0.4, -0.2) is 43.4 Å². The summed E-state index contributed by atoms with van der Waals surface area (Å²) in [5.41, 5.74) is 10.3. The van der Waals surface area contributed by atoms with E-state index in [1.807, 2.05) is 32.4 Å². The Kier molecular flexibility index (Phi) is 11.0. The molecule has 0 saturated heterocycles. The number of nitrogens with two attached hydrogens (primary N) is 1. The number of aromatic nitrogens is 2. The first-order valence-electron chi connectivity index (χ1n) is 13.3. The van der Waals surface area contributed by atoms with Crippen molar-refractivity contribution in [1.82, 2.24) is 14.9 Å². The first kappa shape index (κ1) is 32.2. The van der Waals surface area contributed by atoms with Crippen molar-refractivity contribution in [3.05, 3.63) is 82.4 Å². The fourth-order valence-electron chi connectivity index (χ4n) is 4.80. The van der Waals surface area contributed by atoms with Crippen molar-refractivity contribution >= 4 is 16.1 Å². The van der Waals surface area contributed by atoms with Crippen LogP contribution in [0.3, 0.4) is 0 Å². The lowest BCUT2D eigenvalue weighted by molar-refractivity contribution is 0.0974.